The first-order chi connectivity index (χ1) is 42.8. The summed E-state index contributed by atoms with van der Waals surface area (Å²) in [6, 6.07) is 19.0. The van der Waals surface area contributed by atoms with Gasteiger partial charge in [-0.3, -0.25) is 0 Å². The lowest BCUT2D eigenvalue weighted by atomic mass is 10.1. The van der Waals surface area contributed by atoms with Crippen LogP contribution in [-0.4, -0.2) is 81.9 Å². The van der Waals surface area contributed by atoms with E-state index in [1.54, 1.807) is 0 Å². The predicted molar refractivity (Wildman–Crippen MR) is 398 cm³/mol. The molecular formula is C72H98N8S8. The molecule has 2 aliphatic rings. The molecule has 474 valence electrons. The molecule has 88 heavy (non-hydrogen) atoms. The van der Waals surface area contributed by atoms with Gasteiger partial charge < -0.3 is 9.97 Å². The summed E-state index contributed by atoms with van der Waals surface area (Å²) in [7, 11) is 0. The summed E-state index contributed by atoms with van der Waals surface area (Å²) in [5.74, 6) is 2.76. The second-order valence-electron chi connectivity index (χ2n) is 23.3. The number of nitrogens with one attached hydrogen (secondary N) is 2. The number of H-pyrrole nitrogens is 2. The Hall–Kier alpha value is -2.96. The van der Waals surface area contributed by atoms with Crippen molar-refractivity contribution in [3.8, 4) is 45.6 Å². The number of fused-ring (bicyclic) bond motifs is 20. The number of nitrogens with zero attached hydrogens (tertiary/aromatic N) is 6. The van der Waals surface area contributed by atoms with Crippen molar-refractivity contribution in [2.24, 2.45) is 0 Å². The zero-order chi connectivity index (χ0) is 62.8. The van der Waals surface area contributed by atoms with Crippen LogP contribution in [0.15, 0.2) is 87.7 Å². The first kappa shape index (κ1) is 69.4. The molecule has 0 aliphatic carbocycles. The molecule has 0 amide bonds. The molecule has 4 aromatic carbocycles. The van der Waals surface area contributed by atoms with E-state index in [1.807, 2.05) is 94.1 Å². The van der Waals surface area contributed by atoms with Gasteiger partial charge in [0.1, 0.15) is 22.6 Å². The Kier molecular flexibility index (Phi) is 25.8. The average Bonchev–Trinajstić information content (AvgIpc) is 1.99. The maximum atomic E-state index is 6.00. The van der Waals surface area contributed by atoms with Crippen LogP contribution < -0.4 is 0 Å². The fourth-order valence-corrected chi connectivity index (χ4v) is 21.2. The van der Waals surface area contributed by atoms with E-state index in [-0.39, 0.29) is 0 Å². The van der Waals surface area contributed by atoms with Gasteiger partial charge in [0.2, 0.25) is 0 Å². The average molecular weight is 1330 g/mol. The van der Waals surface area contributed by atoms with Crippen LogP contribution in [0.1, 0.15) is 214 Å². The van der Waals surface area contributed by atoms with Gasteiger partial charge in [-0.1, -0.05) is 111 Å². The molecule has 0 unspecified atom stereocenters. The predicted octanol–water partition coefficient (Wildman–Crippen LogP) is 25.1. The van der Waals surface area contributed by atoms with Crippen LogP contribution >= 0.6 is 94.1 Å². The summed E-state index contributed by atoms with van der Waals surface area (Å²) < 4.78 is 0. The normalized spacial score (nSPS) is 12.6. The smallest absolute Gasteiger partial charge is 0.165 e. The topological polar surface area (TPSA) is 109 Å². The SMILES string of the molecule is CCC(CC)Sc1ccc(SC(CC)CC)c2c1-c1nc-2nc2[nH]c(nc3nc(nc4[nH]c(n1)c1c(SC(CC)CC)ccc(SC(CC)CC)c41)-c1c(SC(CC)CC)ccc(SC(CC)CC)c1-3)c1c(SC(CC)CC)ccc(SC(CC)CC)c21. The van der Waals surface area contributed by atoms with Crippen molar-refractivity contribution in [3.63, 3.8) is 0 Å². The number of aromatic nitrogens is 8. The van der Waals surface area contributed by atoms with Gasteiger partial charge in [0.05, 0.1) is 0 Å². The molecule has 0 fully saturated rings. The highest BCUT2D eigenvalue weighted by atomic mass is 32.2. The first-order valence-corrected chi connectivity index (χ1v) is 40.7. The molecule has 0 atom stereocenters. The highest BCUT2D eigenvalue weighted by molar-refractivity contribution is 8.02. The van der Waals surface area contributed by atoms with Crippen molar-refractivity contribution in [2.75, 3.05) is 0 Å². The molecule has 8 nitrogen and oxygen atoms in total. The number of thioether (sulfide) groups is 8. The largest absolute Gasteiger partial charge is 0.324 e. The monoisotopic (exact) mass is 1330 g/mol. The van der Waals surface area contributed by atoms with Gasteiger partial charge >= 0.3 is 0 Å². The quantitative estimate of drug-likeness (QED) is 0.0391. The summed E-state index contributed by atoms with van der Waals surface area (Å²) in [6.45, 7) is 37.2. The fourth-order valence-electron chi connectivity index (χ4n) is 11.9. The molecule has 9 rings (SSSR count). The maximum Gasteiger partial charge on any atom is 0.165 e. The number of hydrogen-bond acceptors (Lipinski definition) is 14. The van der Waals surface area contributed by atoms with E-state index >= 15 is 0 Å². The van der Waals surface area contributed by atoms with E-state index < -0.39 is 0 Å². The molecular weight excluding hydrogens is 1230 g/mol. The Labute approximate surface area is 562 Å². The molecule has 3 aromatic heterocycles. The number of hydrogen-bond donors (Lipinski definition) is 2. The summed E-state index contributed by atoms with van der Waals surface area (Å²) in [5.41, 5.74) is 7.41. The van der Waals surface area contributed by atoms with Gasteiger partial charge in [-0.2, -0.15) is 0 Å². The minimum Gasteiger partial charge on any atom is -0.324 e. The van der Waals surface area contributed by atoms with Crippen molar-refractivity contribution < 1.29 is 0 Å². The Morgan fingerprint density at radius 2 is 0.375 bits per heavy atom. The van der Waals surface area contributed by atoms with Crippen LogP contribution in [0.5, 0.6) is 0 Å². The summed E-state index contributed by atoms with van der Waals surface area (Å²) in [5, 5.41) is 7.76. The van der Waals surface area contributed by atoms with Gasteiger partial charge in [-0.25, -0.2) is 29.9 Å². The molecule has 0 saturated carbocycles. The van der Waals surface area contributed by atoms with Crippen molar-refractivity contribution in [3.05, 3.63) is 48.5 Å². The lowest BCUT2D eigenvalue weighted by Crippen LogP contribution is -2.01. The van der Waals surface area contributed by atoms with Crippen LogP contribution in [0.25, 0.3) is 89.7 Å². The third kappa shape index (κ3) is 15.0. The summed E-state index contributed by atoms with van der Waals surface area (Å²) >= 11 is 15.8. The van der Waals surface area contributed by atoms with E-state index in [0.717, 1.165) is 169 Å². The minimum atomic E-state index is 0.417. The highest BCUT2D eigenvalue weighted by Crippen LogP contribution is 2.53. The van der Waals surface area contributed by atoms with E-state index in [9.17, 15) is 0 Å². The second-order valence-corrected chi connectivity index (χ2v) is 34.0. The highest BCUT2D eigenvalue weighted by Gasteiger charge is 2.33. The van der Waals surface area contributed by atoms with Crippen LogP contribution in [0.2, 0.25) is 0 Å². The van der Waals surface area contributed by atoms with Crippen molar-refractivity contribution in [1.82, 2.24) is 39.9 Å². The van der Waals surface area contributed by atoms with Crippen LogP contribution in [0.3, 0.4) is 0 Å². The third-order valence-corrected chi connectivity index (χ3v) is 30.5. The van der Waals surface area contributed by atoms with Crippen LogP contribution in [-0.2, 0) is 0 Å². The lowest BCUT2D eigenvalue weighted by molar-refractivity contribution is 0.791. The Balaban J connectivity index is 1.60. The third-order valence-electron chi connectivity index (χ3n) is 17.8. The summed E-state index contributed by atoms with van der Waals surface area (Å²) in [4.78, 5) is 53.5. The number of benzene rings is 4. The molecule has 0 radical (unpaired) electrons. The minimum absolute atomic E-state index is 0.417. The molecule has 0 saturated heterocycles. The van der Waals surface area contributed by atoms with Crippen LogP contribution in [0, 0.1) is 0 Å². The number of aromatic amines is 2. The zero-order valence-corrected chi connectivity index (χ0v) is 62.0. The fraction of sp³-hybridized carbons (Fsp3) is 0.556. The second kappa shape index (κ2) is 32.7. The van der Waals surface area contributed by atoms with Crippen molar-refractivity contribution in [1.29, 1.82) is 0 Å². The summed E-state index contributed by atoms with van der Waals surface area (Å²) in [6.07, 6.45) is 16.9. The first-order valence-electron chi connectivity index (χ1n) is 33.7. The Morgan fingerprint density at radius 3 is 0.534 bits per heavy atom. The lowest BCUT2D eigenvalue weighted by Gasteiger charge is -2.18. The van der Waals surface area contributed by atoms with Gasteiger partial charge in [0.25, 0.3) is 0 Å². The Bertz CT molecular complexity index is 3190. The van der Waals surface area contributed by atoms with E-state index in [1.165, 1.54) is 39.2 Å². The van der Waals surface area contributed by atoms with Crippen molar-refractivity contribution in [2.45, 2.75) is 295 Å². The van der Waals surface area contributed by atoms with Crippen LogP contribution in [0.4, 0.5) is 0 Å². The number of rotatable bonds is 32. The van der Waals surface area contributed by atoms with Gasteiger partial charge in [-0.05, 0) is 151 Å². The van der Waals surface area contributed by atoms with Gasteiger partial charge in [-0.15, -0.1) is 94.1 Å². The molecule has 16 heteroatoms. The van der Waals surface area contributed by atoms with Gasteiger partial charge in [0.15, 0.2) is 23.3 Å². The molecule has 7 aromatic rings. The van der Waals surface area contributed by atoms with E-state index in [2.05, 4.69) is 169 Å². The molecule has 0 spiro atoms. The maximum absolute atomic E-state index is 6.00. The molecule has 8 bridgehead atoms. The molecule has 5 heterocycles. The zero-order valence-electron chi connectivity index (χ0n) is 55.5. The molecule has 2 N–H and O–H groups in total. The van der Waals surface area contributed by atoms with E-state index in [4.69, 9.17) is 29.9 Å². The standard InChI is InChI=1S/C72H98N8S8/c1-17-41(18-2)81-49-33-34-50(82-42(19-3)20-4)58-57(49)65-73-66(58)78-68-61-53(85-45(25-9)26-10)37-38-54(86-46(27-11)28-12)62(61)70(75-68)80-72-64-56(88-48(31-15)32-16)40-39-55(87-47(29-13)30-14)63(64)71(76-72)79-69-60-52(84-44(23-7)24-8)36-35-51(83-43(21-5)22-6)59(60)67(74-69)77-65/h33-48H,17-32H2,1-16H3,(H2,73,74,75,76,77,78,79,80). The van der Waals surface area contributed by atoms with Gasteiger partial charge in [0, 0.05) is 125 Å². The van der Waals surface area contributed by atoms with E-state index in [0.29, 0.717) is 65.3 Å². The molecule has 2 aliphatic heterocycles. The van der Waals surface area contributed by atoms with Crippen molar-refractivity contribution >= 4 is 138 Å². The Morgan fingerprint density at radius 1 is 0.227 bits per heavy atom.